The van der Waals surface area contributed by atoms with Crippen LogP contribution < -0.4 is 5.73 Å². The first-order valence-corrected chi connectivity index (χ1v) is 4.11. The standard InChI is InChI=1S/C8H11NOS/c1-5-7(6(2)10-3)4-11-8(5)9/h4H,2,9H2,1,3H3. The maximum absolute atomic E-state index is 5.65. The first-order chi connectivity index (χ1) is 5.16. The van der Waals surface area contributed by atoms with Gasteiger partial charge in [0.25, 0.3) is 0 Å². The molecule has 0 saturated heterocycles. The van der Waals surface area contributed by atoms with E-state index in [1.165, 1.54) is 11.3 Å². The third-order valence-electron chi connectivity index (χ3n) is 1.62. The molecule has 1 aromatic rings. The maximum Gasteiger partial charge on any atom is 0.120 e. The molecule has 0 unspecified atom stereocenters. The van der Waals surface area contributed by atoms with Crippen LogP contribution in [-0.2, 0) is 4.74 Å². The van der Waals surface area contributed by atoms with E-state index in [0.29, 0.717) is 5.76 Å². The summed E-state index contributed by atoms with van der Waals surface area (Å²) in [5, 5.41) is 2.79. The second-order valence-electron chi connectivity index (χ2n) is 2.27. The third kappa shape index (κ3) is 1.38. The van der Waals surface area contributed by atoms with Crippen molar-refractivity contribution in [1.82, 2.24) is 0 Å². The fourth-order valence-electron chi connectivity index (χ4n) is 0.817. The number of hydrogen-bond acceptors (Lipinski definition) is 3. The molecule has 1 heterocycles. The molecule has 0 spiro atoms. The monoisotopic (exact) mass is 169 g/mol. The Kier molecular flexibility index (Phi) is 2.19. The van der Waals surface area contributed by atoms with Crippen LogP contribution in [0.25, 0.3) is 5.76 Å². The van der Waals surface area contributed by atoms with Crippen molar-refractivity contribution in [2.75, 3.05) is 12.8 Å². The van der Waals surface area contributed by atoms with Crippen molar-refractivity contribution in [3.05, 3.63) is 23.1 Å². The van der Waals surface area contributed by atoms with Crippen LogP contribution in [-0.4, -0.2) is 7.11 Å². The number of nitrogen functional groups attached to an aromatic ring is 1. The van der Waals surface area contributed by atoms with E-state index in [9.17, 15) is 0 Å². The van der Waals surface area contributed by atoms with Crippen LogP contribution in [0.2, 0.25) is 0 Å². The Bertz CT molecular complexity index is 278. The van der Waals surface area contributed by atoms with Crippen molar-refractivity contribution >= 4 is 22.1 Å². The van der Waals surface area contributed by atoms with Gasteiger partial charge in [0.1, 0.15) is 5.76 Å². The molecule has 3 heteroatoms. The molecule has 0 atom stereocenters. The average molecular weight is 169 g/mol. The van der Waals surface area contributed by atoms with Crippen molar-refractivity contribution in [1.29, 1.82) is 0 Å². The molecular weight excluding hydrogens is 158 g/mol. The van der Waals surface area contributed by atoms with E-state index < -0.39 is 0 Å². The van der Waals surface area contributed by atoms with Gasteiger partial charge in [-0.2, -0.15) is 0 Å². The smallest absolute Gasteiger partial charge is 0.120 e. The number of nitrogens with two attached hydrogens (primary N) is 1. The van der Waals surface area contributed by atoms with Crippen molar-refractivity contribution in [2.24, 2.45) is 0 Å². The molecule has 2 nitrogen and oxygen atoms in total. The van der Waals surface area contributed by atoms with Gasteiger partial charge in [-0.25, -0.2) is 0 Å². The second kappa shape index (κ2) is 2.96. The molecule has 0 aliphatic carbocycles. The lowest BCUT2D eigenvalue weighted by atomic mass is 10.2. The summed E-state index contributed by atoms with van der Waals surface area (Å²) in [7, 11) is 1.61. The van der Waals surface area contributed by atoms with Crippen LogP contribution in [0.5, 0.6) is 0 Å². The minimum atomic E-state index is 0.676. The molecule has 2 N–H and O–H groups in total. The zero-order valence-electron chi connectivity index (χ0n) is 6.68. The zero-order valence-corrected chi connectivity index (χ0v) is 7.49. The number of thiophene rings is 1. The van der Waals surface area contributed by atoms with Gasteiger partial charge < -0.3 is 10.5 Å². The Balaban J connectivity index is 3.04. The summed E-state index contributed by atoms with van der Waals surface area (Å²) < 4.78 is 4.99. The van der Waals surface area contributed by atoms with Gasteiger partial charge in [0.05, 0.1) is 12.1 Å². The molecule has 0 aliphatic rings. The highest BCUT2D eigenvalue weighted by Gasteiger charge is 2.06. The molecule has 0 fully saturated rings. The summed E-state index contributed by atoms with van der Waals surface area (Å²) in [4.78, 5) is 0. The summed E-state index contributed by atoms with van der Waals surface area (Å²) in [6, 6.07) is 0. The van der Waals surface area contributed by atoms with Crippen molar-refractivity contribution in [3.8, 4) is 0 Å². The number of ether oxygens (including phenoxy) is 1. The van der Waals surface area contributed by atoms with E-state index in [1.807, 2.05) is 12.3 Å². The summed E-state index contributed by atoms with van der Waals surface area (Å²) in [5.41, 5.74) is 7.72. The van der Waals surface area contributed by atoms with Crippen LogP contribution in [0.1, 0.15) is 11.1 Å². The highest BCUT2D eigenvalue weighted by molar-refractivity contribution is 7.14. The molecule has 0 amide bonds. The van der Waals surface area contributed by atoms with Gasteiger partial charge in [-0.15, -0.1) is 11.3 Å². The maximum atomic E-state index is 5.65. The highest BCUT2D eigenvalue weighted by atomic mass is 32.1. The van der Waals surface area contributed by atoms with Crippen molar-refractivity contribution in [2.45, 2.75) is 6.92 Å². The van der Waals surface area contributed by atoms with E-state index in [2.05, 4.69) is 6.58 Å². The zero-order chi connectivity index (χ0) is 8.43. The Labute approximate surface area is 70.3 Å². The molecule has 0 radical (unpaired) electrons. The van der Waals surface area contributed by atoms with E-state index in [1.54, 1.807) is 7.11 Å². The Hall–Kier alpha value is -0.960. The predicted molar refractivity (Wildman–Crippen MR) is 49.5 cm³/mol. The first kappa shape index (κ1) is 8.14. The molecule has 60 valence electrons. The van der Waals surface area contributed by atoms with Crippen LogP contribution in [0.15, 0.2) is 12.0 Å². The molecule has 0 saturated carbocycles. The fourth-order valence-corrected chi connectivity index (χ4v) is 1.66. The number of methoxy groups -OCH3 is 1. The highest BCUT2D eigenvalue weighted by Crippen LogP contribution is 2.28. The summed E-state index contributed by atoms with van der Waals surface area (Å²) in [6.45, 7) is 5.71. The van der Waals surface area contributed by atoms with Gasteiger partial charge in [-0.05, 0) is 12.5 Å². The van der Waals surface area contributed by atoms with Crippen LogP contribution in [0.3, 0.4) is 0 Å². The lowest BCUT2D eigenvalue weighted by Crippen LogP contribution is -1.87. The minimum Gasteiger partial charge on any atom is -0.497 e. The Morgan fingerprint density at radius 2 is 2.36 bits per heavy atom. The summed E-state index contributed by atoms with van der Waals surface area (Å²) in [5.74, 6) is 0.676. The van der Waals surface area contributed by atoms with Gasteiger partial charge in [0.15, 0.2) is 0 Å². The molecule has 1 aromatic heterocycles. The number of hydrogen-bond donors (Lipinski definition) is 1. The van der Waals surface area contributed by atoms with Crippen LogP contribution in [0.4, 0.5) is 5.00 Å². The predicted octanol–water partition coefficient (Wildman–Crippen LogP) is 2.26. The number of anilines is 1. The summed E-state index contributed by atoms with van der Waals surface area (Å²) >= 11 is 1.51. The summed E-state index contributed by atoms with van der Waals surface area (Å²) in [6.07, 6.45) is 0. The van der Waals surface area contributed by atoms with Crippen LogP contribution in [0, 0.1) is 6.92 Å². The second-order valence-corrected chi connectivity index (χ2v) is 3.18. The Morgan fingerprint density at radius 1 is 1.73 bits per heavy atom. The normalized spacial score (nSPS) is 9.64. The van der Waals surface area contributed by atoms with E-state index in [-0.39, 0.29) is 0 Å². The minimum absolute atomic E-state index is 0.676. The molecular formula is C8H11NOS. The first-order valence-electron chi connectivity index (χ1n) is 3.23. The third-order valence-corrected chi connectivity index (χ3v) is 2.54. The van der Waals surface area contributed by atoms with E-state index in [0.717, 1.165) is 16.1 Å². The van der Waals surface area contributed by atoms with Gasteiger partial charge in [-0.3, -0.25) is 0 Å². The van der Waals surface area contributed by atoms with Crippen LogP contribution >= 0.6 is 11.3 Å². The van der Waals surface area contributed by atoms with E-state index in [4.69, 9.17) is 10.5 Å². The SMILES string of the molecule is C=C(OC)c1csc(N)c1C. The fraction of sp³-hybridized carbons (Fsp3) is 0.250. The lowest BCUT2D eigenvalue weighted by molar-refractivity contribution is 0.371. The van der Waals surface area contributed by atoms with Gasteiger partial charge in [0.2, 0.25) is 0 Å². The lowest BCUT2D eigenvalue weighted by Gasteiger charge is -2.01. The molecule has 11 heavy (non-hydrogen) atoms. The van der Waals surface area contributed by atoms with Crippen molar-refractivity contribution in [3.63, 3.8) is 0 Å². The quantitative estimate of drug-likeness (QED) is 0.689. The largest absolute Gasteiger partial charge is 0.497 e. The topological polar surface area (TPSA) is 35.2 Å². The molecule has 0 aliphatic heterocycles. The van der Waals surface area contributed by atoms with Gasteiger partial charge in [-0.1, -0.05) is 6.58 Å². The average Bonchev–Trinajstić information content (AvgIpc) is 2.32. The number of rotatable bonds is 2. The Morgan fingerprint density at radius 3 is 2.73 bits per heavy atom. The molecule has 1 rings (SSSR count). The van der Waals surface area contributed by atoms with Crippen molar-refractivity contribution < 1.29 is 4.74 Å². The van der Waals surface area contributed by atoms with Gasteiger partial charge in [0, 0.05) is 10.9 Å². The van der Waals surface area contributed by atoms with Gasteiger partial charge >= 0.3 is 0 Å². The molecule has 0 bridgehead atoms. The molecule has 0 aromatic carbocycles. The van der Waals surface area contributed by atoms with E-state index >= 15 is 0 Å².